The molecular weight excluding hydrogens is 270 g/mol. The van der Waals surface area contributed by atoms with Crippen molar-refractivity contribution >= 4 is 23.5 Å². The standard InChI is InChI=1S/C13H16ClNO4/c1-19-13(18)11(9-16)15(12(17)7-14)8-10-5-3-2-4-6-10/h2-6,11,16H,7-9H2,1H3. The Kier molecular flexibility index (Phi) is 6.32. The normalized spacial score (nSPS) is 11.7. The van der Waals surface area contributed by atoms with Gasteiger partial charge in [0.25, 0.3) is 0 Å². The molecule has 1 rings (SSSR count). The third kappa shape index (κ3) is 4.22. The molecular formula is C13H16ClNO4. The van der Waals surface area contributed by atoms with Crippen molar-refractivity contribution in [1.29, 1.82) is 0 Å². The highest BCUT2D eigenvalue weighted by atomic mass is 35.5. The summed E-state index contributed by atoms with van der Waals surface area (Å²) in [5.74, 6) is -1.37. The van der Waals surface area contributed by atoms with Crippen molar-refractivity contribution in [3.8, 4) is 0 Å². The fourth-order valence-corrected chi connectivity index (χ4v) is 1.82. The Balaban J connectivity index is 2.94. The first kappa shape index (κ1) is 15.5. The van der Waals surface area contributed by atoms with Gasteiger partial charge in [0.05, 0.1) is 13.7 Å². The van der Waals surface area contributed by atoms with Gasteiger partial charge in [-0.25, -0.2) is 4.79 Å². The second-order valence-corrected chi connectivity index (χ2v) is 4.13. The Bertz CT molecular complexity index is 424. The molecule has 1 aromatic carbocycles. The van der Waals surface area contributed by atoms with E-state index in [9.17, 15) is 14.7 Å². The van der Waals surface area contributed by atoms with Crippen LogP contribution in [0.2, 0.25) is 0 Å². The van der Waals surface area contributed by atoms with Gasteiger partial charge in [-0.1, -0.05) is 30.3 Å². The molecule has 0 bridgehead atoms. The third-order valence-corrected chi connectivity index (χ3v) is 2.88. The molecule has 0 saturated heterocycles. The van der Waals surface area contributed by atoms with Crippen LogP contribution in [-0.2, 0) is 20.9 Å². The molecule has 0 aliphatic heterocycles. The van der Waals surface area contributed by atoms with E-state index in [1.165, 1.54) is 12.0 Å². The van der Waals surface area contributed by atoms with Crippen LogP contribution in [0.3, 0.4) is 0 Å². The molecule has 104 valence electrons. The summed E-state index contributed by atoms with van der Waals surface area (Å²) in [5, 5.41) is 9.28. The Hall–Kier alpha value is -1.59. The van der Waals surface area contributed by atoms with E-state index in [-0.39, 0.29) is 12.4 Å². The number of methoxy groups -OCH3 is 1. The van der Waals surface area contributed by atoms with E-state index in [4.69, 9.17) is 11.6 Å². The minimum Gasteiger partial charge on any atom is -0.467 e. The Labute approximate surface area is 116 Å². The van der Waals surface area contributed by atoms with Gasteiger partial charge in [-0.15, -0.1) is 11.6 Å². The second kappa shape index (κ2) is 7.76. The first-order valence-corrected chi connectivity index (χ1v) is 6.25. The van der Waals surface area contributed by atoms with E-state index in [1.54, 1.807) is 0 Å². The lowest BCUT2D eigenvalue weighted by Crippen LogP contribution is -2.47. The molecule has 0 heterocycles. The van der Waals surface area contributed by atoms with Crippen molar-refractivity contribution < 1.29 is 19.4 Å². The number of ether oxygens (including phenoxy) is 1. The van der Waals surface area contributed by atoms with Crippen LogP contribution in [0, 0.1) is 0 Å². The van der Waals surface area contributed by atoms with Gasteiger partial charge in [-0.05, 0) is 5.56 Å². The highest BCUT2D eigenvalue weighted by Gasteiger charge is 2.29. The van der Waals surface area contributed by atoms with Gasteiger partial charge in [0.2, 0.25) is 5.91 Å². The highest BCUT2D eigenvalue weighted by Crippen LogP contribution is 2.11. The van der Waals surface area contributed by atoms with Crippen LogP contribution < -0.4 is 0 Å². The summed E-state index contributed by atoms with van der Waals surface area (Å²) in [4.78, 5) is 24.6. The molecule has 19 heavy (non-hydrogen) atoms. The van der Waals surface area contributed by atoms with Gasteiger partial charge >= 0.3 is 5.97 Å². The fourth-order valence-electron chi connectivity index (χ4n) is 1.67. The van der Waals surface area contributed by atoms with E-state index >= 15 is 0 Å². The fraction of sp³-hybridized carbons (Fsp3) is 0.385. The molecule has 1 unspecified atom stereocenters. The van der Waals surface area contributed by atoms with Crippen molar-refractivity contribution in [2.45, 2.75) is 12.6 Å². The number of halogens is 1. The predicted molar refractivity (Wildman–Crippen MR) is 70.6 cm³/mol. The van der Waals surface area contributed by atoms with Gasteiger partial charge in [0, 0.05) is 6.54 Å². The maximum Gasteiger partial charge on any atom is 0.331 e. The monoisotopic (exact) mass is 285 g/mol. The maximum atomic E-state index is 11.8. The Morgan fingerprint density at radius 3 is 2.47 bits per heavy atom. The van der Waals surface area contributed by atoms with Crippen molar-refractivity contribution in [2.75, 3.05) is 19.6 Å². The molecule has 1 aromatic rings. The van der Waals surface area contributed by atoms with E-state index in [0.717, 1.165) is 5.56 Å². The second-order valence-electron chi connectivity index (χ2n) is 3.86. The molecule has 0 radical (unpaired) electrons. The number of amides is 1. The molecule has 1 atom stereocenters. The first-order valence-electron chi connectivity index (χ1n) is 5.72. The number of hydrogen-bond donors (Lipinski definition) is 1. The number of nitrogens with zero attached hydrogens (tertiary/aromatic N) is 1. The summed E-state index contributed by atoms with van der Waals surface area (Å²) in [6.45, 7) is -0.325. The smallest absolute Gasteiger partial charge is 0.331 e. The van der Waals surface area contributed by atoms with E-state index in [0.29, 0.717) is 0 Å². The van der Waals surface area contributed by atoms with Crippen molar-refractivity contribution in [3.05, 3.63) is 35.9 Å². The number of aliphatic hydroxyl groups excluding tert-OH is 1. The number of aliphatic hydroxyl groups is 1. The van der Waals surface area contributed by atoms with Crippen LogP contribution in [0.1, 0.15) is 5.56 Å². The maximum absolute atomic E-state index is 11.8. The summed E-state index contributed by atoms with van der Waals surface area (Å²) in [7, 11) is 1.21. The average molecular weight is 286 g/mol. The molecule has 0 fully saturated rings. The zero-order valence-corrected chi connectivity index (χ0v) is 11.3. The number of hydrogen-bond acceptors (Lipinski definition) is 4. The highest BCUT2D eigenvalue weighted by molar-refractivity contribution is 6.27. The molecule has 6 heteroatoms. The number of alkyl halides is 1. The number of rotatable bonds is 6. The van der Waals surface area contributed by atoms with Crippen molar-refractivity contribution in [2.24, 2.45) is 0 Å². The van der Waals surface area contributed by atoms with E-state index in [1.807, 2.05) is 30.3 Å². The summed E-state index contributed by atoms with van der Waals surface area (Å²) >= 11 is 5.54. The number of carbonyl (C=O) groups excluding carboxylic acids is 2. The van der Waals surface area contributed by atoms with Crippen LogP contribution in [-0.4, -0.2) is 47.5 Å². The van der Waals surface area contributed by atoms with Crippen molar-refractivity contribution in [1.82, 2.24) is 4.90 Å². The SMILES string of the molecule is COC(=O)C(CO)N(Cc1ccccc1)C(=O)CCl. The molecule has 0 aliphatic carbocycles. The van der Waals surface area contributed by atoms with Gasteiger partial charge < -0.3 is 14.7 Å². The molecule has 5 nitrogen and oxygen atoms in total. The molecule has 1 N–H and O–H groups in total. The van der Waals surface area contributed by atoms with E-state index < -0.39 is 24.5 Å². The lowest BCUT2D eigenvalue weighted by molar-refractivity contribution is -0.154. The van der Waals surface area contributed by atoms with Gasteiger partial charge in [0.15, 0.2) is 6.04 Å². The minimum absolute atomic E-state index is 0.187. The van der Waals surface area contributed by atoms with Gasteiger partial charge in [-0.2, -0.15) is 0 Å². The van der Waals surface area contributed by atoms with Crippen LogP contribution in [0.5, 0.6) is 0 Å². The minimum atomic E-state index is -1.04. The largest absolute Gasteiger partial charge is 0.467 e. The Morgan fingerprint density at radius 2 is 2.00 bits per heavy atom. The first-order chi connectivity index (χ1) is 9.13. The third-order valence-electron chi connectivity index (χ3n) is 2.65. The van der Waals surface area contributed by atoms with Crippen LogP contribution in [0.25, 0.3) is 0 Å². The van der Waals surface area contributed by atoms with Crippen molar-refractivity contribution in [3.63, 3.8) is 0 Å². The topological polar surface area (TPSA) is 66.8 Å². The molecule has 1 amide bonds. The predicted octanol–water partition coefficient (Wildman–Crippen LogP) is 0.788. The summed E-state index contributed by atoms with van der Waals surface area (Å²) in [6, 6.07) is 8.09. The molecule has 0 aromatic heterocycles. The lowest BCUT2D eigenvalue weighted by atomic mass is 10.1. The van der Waals surface area contributed by atoms with Crippen LogP contribution in [0.15, 0.2) is 30.3 Å². The summed E-state index contributed by atoms with van der Waals surface area (Å²) in [5.41, 5.74) is 0.836. The lowest BCUT2D eigenvalue weighted by Gasteiger charge is -2.28. The van der Waals surface area contributed by atoms with Crippen LogP contribution in [0.4, 0.5) is 0 Å². The molecule has 0 spiro atoms. The molecule has 0 saturated carbocycles. The quantitative estimate of drug-likeness (QED) is 0.620. The average Bonchev–Trinajstić information content (AvgIpc) is 2.46. The zero-order valence-electron chi connectivity index (χ0n) is 10.6. The summed E-state index contributed by atoms with van der Waals surface area (Å²) in [6.07, 6.45) is 0. The molecule has 0 aliphatic rings. The number of carbonyl (C=O) groups is 2. The van der Waals surface area contributed by atoms with Crippen LogP contribution >= 0.6 is 11.6 Å². The zero-order chi connectivity index (χ0) is 14.3. The summed E-state index contributed by atoms with van der Waals surface area (Å²) < 4.78 is 4.58. The number of benzene rings is 1. The van der Waals surface area contributed by atoms with Gasteiger partial charge in [0.1, 0.15) is 5.88 Å². The Morgan fingerprint density at radius 1 is 1.37 bits per heavy atom. The number of esters is 1. The van der Waals surface area contributed by atoms with Gasteiger partial charge in [-0.3, -0.25) is 4.79 Å². The van der Waals surface area contributed by atoms with E-state index in [2.05, 4.69) is 4.74 Å².